The number of halogens is 2. The number of benzene rings is 2. The van der Waals surface area contributed by atoms with E-state index in [0.29, 0.717) is 41.2 Å². The van der Waals surface area contributed by atoms with E-state index >= 15 is 4.39 Å². The smallest absolute Gasteiger partial charge is 0.256 e. The van der Waals surface area contributed by atoms with E-state index in [-0.39, 0.29) is 23.3 Å². The first-order valence-corrected chi connectivity index (χ1v) is 14.5. The van der Waals surface area contributed by atoms with Crippen molar-refractivity contribution < 1.29 is 18.4 Å². The molecule has 3 aliphatic rings. The normalized spacial score (nSPS) is 18.3. The lowest BCUT2D eigenvalue weighted by atomic mass is 10.0. The average molecular weight is 560 g/mol. The molecule has 0 radical (unpaired) electrons. The Labute approximate surface area is 238 Å². The number of H-pyrrole nitrogens is 1. The van der Waals surface area contributed by atoms with Gasteiger partial charge in [0.15, 0.2) is 0 Å². The van der Waals surface area contributed by atoms with Gasteiger partial charge < -0.3 is 25.4 Å². The zero-order chi connectivity index (χ0) is 28.5. The minimum atomic E-state index is -0.494. The van der Waals surface area contributed by atoms with E-state index in [1.54, 1.807) is 24.3 Å². The Morgan fingerprint density at radius 3 is 2.54 bits per heavy atom. The predicted octanol–water partition coefficient (Wildman–Crippen LogP) is 5.58. The fourth-order valence-corrected chi connectivity index (χ4v) is 6.10. The lowest BCUT2D eigenvalue weighted by Crippen LogP contribution is -2.40. The Morgan fingerprint density at radius 2 is 1.76 bits per heavy atom. The van der Waals surface area contributed by atoms with E-state index in [0.717, 1.165) is 55.8 Å². The molecule has 3 aliphatic heterocycles. The van der Waals surface area contributed by atoms with Gasteiger partial charge in [-0.3, -0.25) is 9.59 Å². The van der Waals surface area contributed by atoms with Crippen molar-refractivity contribution >= 4 is 34.8 Å². The predicted molar refractivity (Wildman–Crippen MR) is 157 cm³/mol. The van der Waals surface area contributed by atoms with Crippen molar-refractivity contribution in [3.05, 3.63) is 81.7 Å². The SMILES string of the molecule is Cc1c(C=C2C(=O)Nc3cc(NCc4ccc(F)cc4)c(F)cc32)[nH]c2c1C(=O)N(CCN1CCCCC1)CCC2. The third-order valence-electron chi connectivity index (χ3n) is 8.43. The molecule has 4 heterocycles. The van der Waals surface area contributed by atoms with Crippen LogP contribution in [-0.4, -0.2) is 59.3 Å². The Morgan fingerprint density at radius 1 is 0.976 bits per heavy atom. The van der Waals surface area contributed by atoms with E-state index in [9.17, 15) is 14.0 Å². The van der Waals surface area contributed by atoms with Gasteiger partial charge in [0.05, 0.1) is 22.5 Å². The van der Waals surface area contributed by atoms with Crippen LogP contribution in [0.15, 0.2) is 36.4 Å². The molecule has 3 N–H and O–H groups in total. The van der Waals surface area contributed by atoms with Crippen LogP contribution in [0.1, 0.15) is 64.1 Å². The minimum Gasteiger partial charge on any atom is -0.379 e. The molecular weight excluding hydrogens is 524 g/mol. The van der Waals surface area contributed by atoms with Crippen LogP contribution in [0.5, 0.6) is 0 Å². The number of carbonyl (C=O) groups excluding carboxylic acids is 2. The summed E-state index contributed by atoms with van der Waals surface area (Å²) in [6.07, 6.45) is 7.08. The minimum absolute atomic E-state index is 0.0344. The van der Waals surface area contributed by atoms with Crippen LogP contribution in [0.3, 0.4) is 0 Å². The molecule has 1 fully saturated rings. The number of anilines is 2. The number of likely N-dealkylation sites (tertiary alicyclic amines) is 1. The summed E-state index contributed by atoms with van der Waals surface area (Å²) in [4.78, 5) is 34.4. The molecule has 1 saturated heterocycles. The van der Waals surface area contributed by atoms with Gasteiger partial charge in [0.1, 0.15) is 11.6 Å². The molecule has 0 saturated carbocycles. The molecule has 3 aromatic rings. The van der Waals surface area contributed by atoms with Crippen LogP contribution < -0.4 is 10.6 Å². The third-order valence-corrected chi connectivity index (χ3v) is 8.43. The largest absolute Gasteiger partial charge is 0.379 e. The number of carbonyl (C=O) groups is 2. The summed E-state index contributed by atoms with van der Waals surface area (Å²) in [5.41, 5.74) is 5.46. The molecule has 2 amide bonds. The quantitative estimate of drug-likeness (QED) is 0.330. The van der Waals surface area contributed by atoms with E-state index in [4.69, 9.17) is 0 Å². The maximum absolute atomic E-state index is 15.1. The highest BCUT2D eigenvalue weighted by atomic mass is 19.1. The van der Waals surface area contributed by atoms with Gasteiger partial charge in [0.2, 0.25) is 0 Å². The molecular formula is C32H35F2N5O2. The molecule has 9 heteroatoms. The highest BCUT2D eigenvalue weighted by Crippen LogP contribution is 2.37. The van der Waals surface area contributed by atoms with Gasteiger partial charge in [-0.25, -0.2) is 8.78 Å². The van der Waals surface area contributed by atoms with Crippen LogP contribution >= 0.6 is 0 Å². The summed E-state index contributed by atoms with van der Waals surface area (Å²) in [6, 6.07) is 8.91. The summed E-state index contributed by atoms with van der Waals surface area (Å²) in [5, 5.41) is 5.87. The number of rotatable bonds is 7. The van der Waals surface area contributed by atoms with Crippen molar-refractivity contribution in [3.63, 3.8) is 0 Å². The van der Waals surface area contributed by atoms with Gasteiger partial charge in [0, 0.05) is 43.1 Å². The first-order chi connectivity index (χ1) is 19.9. The zero-order valence-electron chi connectivity index (χ0n) is 23.3. The van der Waals surface area contributed by atoms with Crippen LogP contribution in [0.25, 0.3) is 11.6 Å². The van der Waals surface area contributed by atoms with E-state index in [1.807, 2.05) is 11.8 Å². The first kappa shape index (κ1) is 27.2. The Hall–Kier alpha value is -3.98. The molecule has 2 aromatic carbocycles. The fraction of sp³-hybridized carbons (Fsp3) is 0.375. The molecule has 0 unspecified atom stereocenters. The van der Waals surface area contributed by atoms with Crippen molar-refractivity contribution in [2.45, 2.75) is 45.6 Å². The van der Waals surface area contributed by atoms with E-state index in [1.165, 1.54) is 37.5 Å². The number of hydrogen-bond acceptors (Lipinski definition) is 4. The summed E-state index contributed by atoms with van der Waals surface area (Å²) in [6.45, 7) is 6.76. The molecule has 0 aliphatic carbocycles. The van der Waals surface area contributed by atoms with Gasteiger partial charge in [-0.05, 0) is 87.2 Å². The van der Waals surface area contributed by atoms with E-state index in [2.05, 4.69) is 20.5 Å². The second-order valence-electron chi connectivity index (χ2n) is 11.2. The van der Waals surface area contributed by atoms with Crippen LogP contribution in [-0.2, 0) is 17.8 Å². The molecule has 7 nitrogen and oxygen atoms in total. The fourth-order valence-electron chi connectivity index (χ4n) is 6.10. The van der Waals surface area contributed by atoms with Crippen molar-refractivity contribution in [3.8, 4) is 0 Å². The maximum Gasteiger partial charge on any atom is 0.256 e. The summed E-state index contributed by atoms with van der Waals surface area (Å²) in [5.74, 6) is -1.12. The van der Waals surface area contributed by atoms with E-state index < -0.39 is 5.82 Å². The van der Waals surface area contributed by atoms with Gasteiger partial charge in [-0.1, -0.05) is 18.6 Å². The molecule has 1 aromatic heterocycles. The monoisotopic (exact) mass is 559 g/mol. The van der Waals surface area contributed by atoms with Gasteiger partial charge in [-0.15, -0.1) is 0 Å². The van der Waals surface area contributed by atoms with Crippen molar-refractivity contribution in [1.82, 2.24) is 14.8 Å². The standard InChI is InChI=1S/C32H35F2N5O2/c1-20-27(36-26-6-5-13-39(32(41)30(20)26)15-14-38-11-3-2-4-12-38)17-24-23-16-25(34)29(18-28(23)37-31(24)40)35-19-21-7-9-22(33)10-8-21/h7-10,16-18,35-36H,2-6,11-15,19H2,1H3,(H,37,40). The summed E-state index contributed by atoms with van der Waals surface area (Å²) >= 11 is 0. The molecule has 6 rings (SSSR count). The Balaban J connectivity index is 1.22. The highest BCUT2D eigenvalue weighted by molar-refractivity contribution is 6.35. The van der Waals surface area contributed by atoms with Crippen LogP contribution in [0, 0.1) is 18.6 Å². The second kappa shape index (κ2) is 11.5. The van der Waals surface area contributed by atoms with Gasteiger partial charge in [0.25, 0.3) is 11.8 Å². The number of nitrogens with zero attached hydrogens (tertiary/aromatic N) is 2. The topological polar surface area (TPSA) is 80.5 Å². The molecule has 0 bridgehead atoms. The molecule has 0 spiro atoms. The Kier molecular flexibility index (Phi) is 7.62. The zero-order valence-corrected chi connectivity index (χ0v) is 23.3. The lowest BCUT2D eigenvalue weighted by Gasteiger charge is -2.29. The number of aromatic nitrogens is 1. The van der Waals surface area contributed by atoms with Crippen molar-refractivity contribution in [2.75, 3.05) is 43.4 Å². The van der Waals surface area contributed by atoms with Crippen molar-refractivity contribution in [1.29, 1.82) is 0 Å². The number of aryl methyl sites for hydroxylation is 1. The van der Waals surface area contributed by atoms with Gasteiger partial charge in [-0.2, -0.15) is 0 Å². The summed E-state index contributed by atoms with van der Waals surface area (Å²) in [7, 11) is 0. The van der Waals surface area contributed by atoms with Crippen LogP contribution in [0.4, 0.5) is 20.2 Å². The number of piperidine rings is 1. The third kappa shape index (κ3) is 5.63. The second-order valence-corrected chi connectivity index (χ2v) is 11.2. The number of hydrogen-bond donors (Lipinski definition) is 3. The average Bonchev–Trinajstić information content (AvgIpc) is 3.38. The lowest BCUT2D eigenvalue weighted by molar-refractivity contribution is -0.110. The first-order valence-electron chi connectivity index (χ1n) is 14.5. The molecule has 41 heavy (non-hydrogen) atoms. The highest BCUT2D eigenvalue weighted by Gasteiger charge is 2.30. The number of nitrogens with one attached hydrogen (secondary N) is 3. The van der Waals surface area contributed by atoms with Gasteiger partial charge >= 0.3 is 0 Å². The molecule has 214 valence electrons. The maximum atomic E-state index is 15.1. The number of amides is 2. The summed E-state index contributed by atoms with van der Waals surface area (Å²) < 4.78 is 28.3. The van der Waals surface area contributed by atoms with Crippen LogP contribution in [0.2, 0.25) is 0 Å². The number of fused-ring (bicyclic) bond motifs is 2. The Bertz CT molecular complexity index is 1510. The molecule has 0 atom stereocenters. The van der Waals surface area contributed by atoms with Crippen molar-refractivity contribution in [2.24, 2.45) is 0 Å². The number of aromatic amines is 1.